The van der Waals surface area contributed by atoms with Crippen LogP contribution in [0.5, 0.6) is 0 Å². The van der Waals surface area contributed by atoms with Crippen LogP contribution in [0.15, 0.2) is 67.1 Å². The molecule has 7 rings (SSSR count). The van der Waals surface area contributed by atoms with Crippen LogP contribution in [-0.4, -0.2) is 120 Å². The monoisotopic (exact) mass is 708 g/mol. The number of pyridine rings is 1. The Morgan fingerprint density at radius 2 is 1.74 bits per heavy atom. The number of halogens is 1. The van der Waals surface area contributed by atoms with Gasteiger partial charge in [0.1, 0.15) is 12.6 Å². The number of alkyl halides is 1. The molecule has 0 radical (unpaired) electrons. The molecule has 3 amide bonds. The maximum absolute atomic E-state index is 14.5. The van der Waals surface area contributed by atoms with Crippen LogP contribution in [-0.2, 0) is 14.1 Å². The van der Waals surface area contributed by atoms with Gasteiger partial charge in [0, 0.05) is 44.0 Å². The summed E-state index contributed by atoms with van der Waals surface area (Å²) in [6.07, 6.45) is 3.63. The highest BCUT2D eigenvalue weighted by molar-refractivity contribution is 7.51. The first-order valence-corrected chi connectivity index (χ1v) is 18.2. The molecule has 0 aliphatic carbocycles. The van der Waals surface area contributed by atoms with E-state index in [1.54, 1.807) is 49.8 Å². The lowest BCUT2D eigenvalue weighted by atomic mass is 10.0. The van der Waals surface area contributed by atoms with Crippen LogP contribution in [0.4, 0.5) is 4.39 Å². The van der Waals surface area contributed by atoms with Gasteiger partial charge in [0.2, 0.25) is 11.8 Å². The van der Waals surface area contributed by atoms with Crippen LogP contribution < -0.4 is 5.32 Å². The molecule has 14 nitrogen and oxygen atoms in total. The lowest BCUT2D eigenvalue weighted by Crippen LogP contribution is -2.63. The summed E-state index contributed by atoms with van der Waals surface area (Å²) in [5, 5.41) is 15.9. The fourth-order valence-corrected chi connectivity index (χ4v) is 7.89. The fraction of sp³-hybridized carbons (Fsp3) is 0.412. The number of amides is 3. The van der Waals surface area contributed by atoms with Crippen LogP contribution in [0.2, 0.25) is 0 Å². The molecule has 4 N–H and O–H groups in total. The number of aliphatic hydroxyl groups excluding tert-OH is 1. The van der Waals surface area contributed by atoms with Crippen LogP contribution in [0.25, 0.3) is 16.3 Å². The quantitative estimate of drug-likeness (QED) is 0.218. The minimum Gasteiger partial charge on any atom is -0.378 e. The summed E-state index contributed by atoms with van der Waals surface area (Å²) >= 11 is 0. The van der Waals surface area contributed by atoms with Gasteiger partial charge in [0.05, 0.1) is 30.8 Å². The van der Waals surface area contributed by atoms with Crippen LogP contribution in [0, 0.1) is 0 Å². The second-order valence-corrected chi connectivity index (χ2v) is 14.6. The Bertz CT molecular complexity index is 1980. The molecule has 0 spiro atoms. The van der Waals surface area contributed by atoms with Crippen molar-refractivity contribution in [3.63, 3.8) is 0 Å². The Hall–Kier alpha value is -4.24. The predicted molar refractivity (Wildman–Crippen MR) is 179 cm³/mol. The number of hydrogen-bond donors (Lipinski definition) is 4. The summed E-state index contributed by atoms with van der Waals surface area (Å²) in [5.74, 6) is -3.58. The largest absolute Gasteiger partial charge is 0.378 e. The third-order valence-electron chi connectivity index (χ3n) is 9.92. The molecule has 3 saturated heterocycles. The van der Waals surface area contributed by atoms with E-state index in [0.717, 1.165) is 0 Å². The number of hydrogen-bond acceptors (Lipinski definition) is 8. The van der Waals surface area contributed by atoms with Gasteiger partial charge in [-0.2, -0.15) is 0 Å². The van der Waals surface area contributed by atoms with Gasteiger partial charge in [-0.05, 0) is 65.9 Å². The maximum Gasteiger partial charge on any atom is 0.363 e. The van der Waals surface area contributed by atoms with Crippen molar-refractivity contribution in [3.8, 4) is 0 Å². The van der Waals surface area contributed by atoms with Gasteiger partial charge >= 0.3 is 7.60 Å². The molecule has 4 aromatic rings. The minimum atomic E-state index is -5.05. The van der Waals surface area contributed by atoms with E-state index in [2.05, 4.69) is 10.3 Å². The molecule has 3 aliphatic heterocycles. The number of nitrogens with zero attached hydrogens (tertiary/aromatic N) is 5. The smallest absolute Gasteiger partial charge is 0.363 e. The molecule has 2 aromatic carbocycles. The van der Waals surface area contributed by atoms with Crippen molar-refractivity contribution >= 4 is 41.6 Å². The van der Waals surface area contributed by atoms with E-state index < -0.39 is 37.7 Å². The third-order valence-corrected chi connectivity index (χ3v) is 10.8. The first-order chi connectivity index (χ1) is 24.0. The number of fused-ring (bicyclic) bond motifs is 3. The van der Waals surface area contributed by atoms with Gasteiger partial charge in [-0.15, -0.1) is 0 Å². The van der Waals surface area contributed by atoms with Gasteiger partial charge in [-0.25, -0.2) is 9.37 Å². The molecule has 3 fully saturated rings. The van der Waals surface area contributed by atoms with Gasteiger partial charge in [0.15, 0.2) is 5.69 Å². The van der Waals surface area contributed by atoms with Crippen molar-refractivity contribution in [1.29, 1.82) is 0 Å². The molecule has 16 heteroatoms. The molecule has 0 saturated carbocycles. The Kier molecular flexibility index (Phi) is 9.46. The number of rotatable bonds is 6. The molecule has 5 atom stereocenters. The average Bonchev–Trinajstić information content (AvgIpc) is 3.75. The molecule has 2 unspecified atom stereocenters. The van der Waals surface area contributed by atoms with Crippen LogP contribution in [0.1, 0.15) is 51.6 Å². The SMILES string of the molecule is O=C(N[C@H]1CN(C(=O)c2ncn3ccccc23)CC[C@H]2CC[C@@H](C(=O)N3CCOCC3)N2C1O)c1ccc2ccc(C(F)P(=O)(O)O)cc2c1. The third kappa shape index (κ3) is 6.64. The Morgan fingerprint density at radius 3 is 2.52 bits per heavy atom. The van der Waals surface area contributed by atoms with E-state index in [-0.39, 0.29) is 41.2 Å². The lowest BCUT2D eigenvalue weighted by Gasteiger charge is -2.43. The van der Waals surface area contributed by atoms with Crippen molar-refractivity contribution in [2.75, 3.05) is 39.4 Å². The second-order valence-electron chi connectivity index (χ2n) is 13.0. The van der Waals surface area contributed by atoms with Gasteiger partial charge < -0.3 is 39.1 Å². The van der Waals surface area contributed by atoms with Gasteiger partial charge in [0.25, 0.3) is 11.8 Å². The number of nitrogens with one attached hydrogen (secondary N) is 1. The van der Waals surface area contributed by atoms with Crippen molar-refractivity contribution in [3.05, 3.63) is 83.9 Å². The zero-order valence-corrected chi connectivity index (χ0v) is 27.9. The summed E-state index contributed by atoms with van der Waals surface area (Å²) in [5.41, 5.74) is 0.772. The van der Waals surface area contributed by atoms with Crippen molar-refractivity contribution < 1.29 is 43.0 Å². The minimum absolute atomic E-state index is 0.0805. The predicted octanol–water partition coefficient (Wildman–Crippen LogP) is 2.29. The summed E-state index contributed by atoms with van der Waals surface area (Å²) in [4.78, 5) is 69.8. The van der Waals surface area contributed by atoms with Crippen molar-refractivity contribution in [2.45, 2.75) is 49.5 Å². The highest BCUT2D eigenvalue weighted by Crippen LogP contribution is 2.53. The highest BCUT2D eigenvalue weighted by Gasteiger charge is 2.47. The molecule has 3 aliphatic rings. The number of morpholine rings is 1. The standard InChI is InChI=1S/C34H38FN6O8P/c35-30(50(46,47)48)22-6-4-21-5-7-23(18-24(21)17-22)31(42)37-26-19-39(34(45)29-27-3-1-2-11-40(27)20-36-29)12-10-25-8-9-28(41(25)32(26)43)33(44)38-13-15-49-16-14-38/h1-7,11,17-18,20,25-26,28,30,32,43H,8-10,12-16,19H2,(H,37,42)(H2,46,47,48)/t25-,26+,28+,30?,32?/m1/s1. The fourth-order valence-electron chi connectivity index (χ4n) is 7.34. The number of aliphatic hydroxyl groups is 1. The molecule has 0 bridgehead atoms. The number of imidazole rings is 1. The van der Waals surface area contributed by atoms with E-state index in [1.807, 2.05) is 12.1 Å². The number of ether oxygens (including phenoxy) is 1. The normalized spacial score (nSPS) is 24.1. The van der Waals surface area contributed by atoms with E-state index in [4.69, 9.17) is 4.74 Å². The van der Waals surface area contributed by atoms with E-state index in [9.17, 15) is 38.2 Å². The number of carbonyl (C=O) groups excluding carboxylic acids is 3. The van der Waals surface area contributed by atoms with Gasteiger partial charge in [-0.3, -0.25) is 23.8 Å². The highest BCUT2D eigenvalue weighted by atomic mass is 31.2. The summed E-state index contributed by atoms with van der Waals surface area (Å²) < 4.78 is 33.2. The number of carbonyl (C=O) groups is 3. The Morgan fingerprint density at radius 1 is 0.960 bits per heavy atom. The zero-order chi connectivity index (χ0) is 35.2. The molecular weight excluding hydrogens is 670 g/mol. The summed E-state index contributed by atoms with van der Waals surface area (Å²) in [6, 6.07) is 12.3. The first kappa shape index (κ1) is 34.2. The first-order valence-electron chi connectivity index (χ1n) is 16.6. The van der Waals surface area contributed by atoms with Crippen molar-refractivity contribution in [2.24, 2.45) is 0 Å². The van der Waals surface area contributed by atoms with Gasteiger partial charge in [-0.1, -0.05) is 24.3 Å². The maximum atomic E-state index is 14.5. The average molecular weight is 709 g/mol. The topological polar surface area (TPSA) is 177 Å². The molecule has 2 aromatic heterocycles. The lowest BCUT2D eigenvalue weighted by molar-refractivity contribution is -0.147. The number of benzene rings is 2. The van der Waals surface area contributed by atoms with Crippen LogP contribution >= 0.6 is 7.60 Å². The molecule has 50 heavy (non-hydrogen) atoms. The van der Waals surface area contributed by atoms with E-state index in [1.165, 1.54) is 24.3 Å². The Labute approximate surface area is 286 Å². The zero-order valence-electron chi connectivity index (χ0n) is 27.0. The molecule has 5 heterocycles. The Balaban J connectivity index is 1.19. The molecular formula is C34H38FN6O8P. The van der Waals surface area contributed by atoms with E-state index >= 15 is 0 Å². The molecule has 264 valence electrons. The summed E-state index contributed by atoms with van der Waals surface area (Å²) in [6.45, 7) is 1.98. The van der Waals surface area contributed by atoms with E-state index in [0.29, 0.717) is 68.4 Å². The number of aromatic nitrogens is 2. The second kappa shape index (κ2) is 13.8. The van der Waals surface area contributed by atoms with Crippen molar-refractivity contribution in [1.82, 2.24) is 29.4 Å². The van der Waals surface area contributed by atoms with Crippen LogP contribution in [0.3, 0.4) is 0 Å². The summed E-state index contributed by atoms with van der Waals surface area (Å²) in [7, 11) is -5.05.